The lowest BCUT2D eigenvalue weighted by Gasteiger charge is -2.26. The van der Waals surface area contributed by atoms with Crippen LogP contribution in [0.2, 0.25) is 0 Å². The Morgan fingerprint density at radius 2 is 2.09 bits per heavy atom. The Balaban J connectivity index is 2.26. The predicted octanol–water partition coefficient (Wildman–Crippen LogP) is 0.288. The van der Waals surface area contributed by atoms with E-state index in [2.05, 4.69) is 21.0 Å². The van der Waals surface area contributed by atoms with Gasteiger partial charge in [-0.3, -0.25) is 14.8 Å². The second-order valence-electron chi connectivity index (χ2n) is 6.50. The first-order valence-electron chi connectivity index (χ1n) is 7.15. The summed E-state index contributed by atoms with van der Waals surface area (Å²) in [6, 6.07) is -0.633. The van der Waals surface area contributed by atoms with Crippen molar-refractivity contribution in [3.8, 4) is 0 Å². The highest BCUT2D eigenvalue weighted by atomic mass is 16.6. The van der Waals surface area contributed by atoms with Gasteiger partial charge in [0.25, 0.3) is 5.91 Å². The minimum Gasteiger partial charge on any atom is -0.444 e. The van der Waals surface area contributed by atoms with E-state index in [0.29, 0.717) is 5.69 Å². The van der Waals surface area contributed by atoms with Gasteiger partial charge < -0.3 is 15.4 Å². The molecule has 9 heteroatoms. The fourth-order valence-corrected chi connectivity index (χ4v) is 2.41. The van der Waals surface area contributed by atoms with Crippen LogP contribution in [0.1, 0.15) is 32.0 Å². The topological polar surface area (TPSA) is 114 Å². The highest BCUT2D eigenvalue weighted by Gasteiger charge is 2.50. The Labute approximate surface area is 133 Å². The van der Waals surface area contributed by atoms with Crippen molar-refractivity contribution in [2.24, 2.45) is 7.05 Å². The van der Waals surface area contributed by atoms with Crippen LogP contribution in [0.5, 0.6) is 0 Å². The Bertz CT molecular complexity index is 661. The molecule has 4 amide bonds. The number of aryl methyl sites for hydroxylation is 2. The van der Waals surface area contributed by atoms with E-state index in [4.69, 9.17) is 4.74 Å². The van der Waals surface area contributed by atoms with Crippen molar-refractivity contribution in [1.29, 1.82) is 0 Å². The molecule has 0 saturated carbocycles. The smallest absolute Gasteiger partial charge is 0.407 e. The van der Waals surface area contributed by atoms with Crippen LogP contribution < -0.4 is 16.0 Å². The molecule has 1 aliphatic rings. The number of hydrogen-bond acceptors (Lipinski definition) is 5. The maximum Gasteiger partial charge on any atom is 0.407 e. The van der Waals surface area contributed by atoms with Crippen molar-refractivity contribution >= 4 is 18.0 Å². The summed E-state index contributed by atoms with van der Waals surface area (Å²) in [5.74, 6) is -0.569. The molecule has 0 unspecified atom stereocenters. The average molecular weight is 323 g/mol. The Hall–Kier alpha value is -2.58. The SMILES string of the molecule is Cc1cn(C)nc1[C@@]1(CNC(=O)OC(C)(C)C)NC(=O)NC1=O. The van der Waals surface area contributed by atoms with Gasteiger partial charge in [-0.1, -0.05) is 0 Å². The first kappa shape index (κ1) is 16.8. The molecular weight excluding hydrogens is 302 g/mol. The number of rotatable bonds is 3. The quantitative estimate of drug-likeness (QED) is 0.692. The maximum absolute atomic E-state index is 12.3. The summed E-state index contributed by atoms with van der Waals surface area (Å²) in [4.78, 5) is 35.8. The van der Waals surface area contributed by atoms with E-state index in [1.54, 1.807) is 40.9 Å². The third-order valence-corrected chi connectivity index (χ3v) is 3.25. The van der Waals surface area contributed by atoms with Crippen LogP contribution in [-0.2, 0) is 22.1 Å². The van der Waals surface area contributed by atoms with Gasteiger partial charge >= 0.3 is 12.1 Å². The fraction of sp³-hybridized carbons (Fsp3) is 0.571. The molecule has 23 heavy (non-hydrogen) atoms. The lowest BCUT2D eigenvalue weighted by molar-refractivity contribution is -0.124. The largest absolute Gasteiger partial charge is 0.444 e. The van der Waals surface area contributed by atoms with Crippen LogP contribution >= 0.6 is 0 Å². The van der Waals surface area contributed by atoms with Gasteiger partial charge in [0, 0.05) is 13.2 Å². The normalized spacial score (nSPS) is 20.9. The summed E-state index contributed by atoms with van der Waals surface area (Å²) in [6.45, 7) is 6.80. The van der Waals surface area contributed by atoms with Crippen molar-refractivity contribution in [3.63, 3.8) is 0 Å². The van der Waals surface area contributed by atoms with E-state index in [1.165, 1.54) is 4.68 Å². The maximum atomic E-state index is 12.3. The van der Waals surface area contributed by atoms with E-state index in [0.717, 1.165) is 5.56 Å². The van der Waals surface area contributed by atoms with Crippen LogP contribution in [0.25, 0.3) is 0 Å². The van der Waals surface area contributed by atoms with Gasteiger partial charge in [-0.15, -0.1) is 0 Å². The van der Waals surface area contributed by atoms with Gasteiger partial charge in [0.2, 0.25) is 0 Å². The minimum absolute atomic E-state index is 0.169. The van der Waals surface area contributed by atoms with Crippen molar-refractivity contribution in [1.82, 2.24) is 25.7 Å². The number of nitrogens with one attached hydrogen (secondary N) is 3. The number of hydrogen-bond donors (Lipinski definition) is 3. The van der Waals surface area contributed by atoms with Crippen LogP contribution in [0, 0.1) is 6.92 Å². The first-order valence-corrected chi connectivity index (χ1v) is 7.15. The van der Waals surface area contributed by atoms with E-state index >= 15 is 0 Å². The summed E-state index contributed by atoms with van der Waals surface area (Å²) >= 11 is 0. The molecule has 2 heterocycles. The second kappa shape index (κ2) is 5.56. The zero-order chi connectivity index (χ0) is 17.4. The van der Waals surface area contributed by atoms with Crippen molar-refractivity contribution in [2.45, 2.75) is 38.8 Å². The average Bonchev–Trinajstić information content (AvgIpc) is 2.85. The molecule has 9 nitrogen and oxygen atoms in total. The van der Waals surface area contributed by atoms with Gasteiger partial charge in [0.05, 0.1) is 6.54 Å². The number of amides is 4. The van der Waals surface area contributed by atoms with Crippen molar-refractivity contribution in [2.75, 3.05) is 6.54 Å². The van der Waals surface area contributed by atoms with Crippen LogP contribution in [0.4, 0.5) is 9.59 Å². The van der Waals surface area contributed by atoms with Gasteiger partial charge in [-0.25, -0.2) is 9.59 Å². The van der Waals surface area contributed by atoms with Crippen molar-refractivity contribution < 1.29 is 19.1 Å². The second-order valence-corrected chi connectivity index (χ2v) is 6.50. The van der Waals surface area contributed by atoms with Crippen LogP contribution in [-0.4, -0.2) is 40.0 Å². The molecule has 1 atom stereocenters. The van der Waals surface area contributed by atoms with Gasteiger partial charge in [-0.2, -0.15) is 5.10 Å². The number of alkyl carbamates (subject to hydrolysis) is 1. The summed E-state index contributed by atoms with van der Waals surface area (Å²) in [7, 11) is 1.71. The molecule has 1 aliphatic heterocycles. The molecular formula is C14H21N5O4. The molecule has 1 aromatic heterocycles. The van der Waals surface area contributed by atoms with E-state index in [9.17, 15) is 14.4 Å². The summed E-state index contributed by atoms with van der Waals surface area (Å²) < 4.78 is 6.70. The zero-order valence-corrected chi connectivity index (χ0v) is 13.8. The monoisotopic (exact) mass is 323 g/mol. The number of imide groups is 1. The van der Waals surface area contributed by atoms with Gasteiger partial charge in [0.1, 0.15) is 11.3 Å². The summed E-state index contributed by atoms with van der Waals surface area (Å²) in [6.07, 6.45) is 1.04. The third kappa shape index (κ3) is 3.43. The van der Waals surface area contributed by atoms with E-state index < -0.39 is 29.2 Å². The van der Waals surface area contributed by atoms with Crippen LogP contribution in [0.3, 0.4) is 0 Å². The summed E-state index contributed by atoms with van der Waals surface area (Å²) in [5, 5.41) is 11.5. The van der Waals surface area contributed by atoms with Crippen molar-refractivity contribution in [3.05, 3.63) is 17.5 Å². The minimum atomic E-state index is -1.46. The number of carbonyl (C=O) groups excluding carboxylic acids is 3. The zero-order valence-electron chi connectivity index (χ0n) is 13.8. The first-order chi connectivity index (χ1) is 10.5. The Kier molecular flexibility index (Phi) is 4.06. The number of aromatic nitrogens is 2. The Morgan fingerprint density at radius 1 is 1.43 bits per heavy atom. The number of nitrogens with zero attached hydrogens (tertiary/aromatic N) is 2. The highest BCUT2D eigenvalue weighted by Crippen LogP contribution is 2.26. The highest BCUT2D eigenvalue weighted by molar-refractivity contribution is 6.07. The predicted molar refractivity (Wildman–Crippen MR) is 80.5 cm³/mol. The molecule has 0 spiro atoms. The summed E-state index contributed by atoms with van der Waals surface area (Å²) in [5.41, 5.74) is -1.03. The van der Waals surface area contributed by atoms with Gasteiger partial charge in [0.15, 0.2) is 5.54 Å². The Morgan fingerprint density at radius 3 is 2.52 bits per heavy atom. The molecule has 1 aromatic rings. The molecule has 0 aliphatic carbocycles. The van der Waals surface area contributed by atoms with Gasteiger partial charge in [-0.05, 0) is 33.3 Å². The lowest BCUT2D eigenvalue weighted by atomic mass is 9.93. The third-order valence-electron chi connectivity index (χ3n) is 3.25. The number of urea groups is 1. The van der Waals surface area contributed by atoms with Crippen LogP contribution in [0.15, 0.2) is 6.20 Å². The molecule has 0 aromatic carbocycles. The molecule has 0 bridgehead atoms. The van der Waals surface area contributed by atoms with E-state index in [1.807, 2.05) is 0 Å². The molecule has 126 valence electrons. The molecule has 0 radical (unpaired) electrons. The fourth-order valence-electron chi connectivity index (χ4n) is 2.41. The number of ether oxygens (including phenoxy) is 1. The molecule has 1 saturated heterocycles. The molecule has 3 N–H and O–H groups in total. The standard InChI is InChI=1S/C14H21N5O4/c1-8-6-19(5)18-9(8)14(10(20)16-11(21)17-14)7-15-12(22)23-13(2,3)4/h6H,7H2,1-5H3,(H,15,22)(H2,16,17,20,21)/t14-/m1/s1. The molecule has 1 fully saturated rings. The molecule has 2 rings (SSSR count). The van der Waals surface area contributed by atoms with E-state index in [-0.39, 0.29) is 6.54 Å². The number of carbonyl (C=O) groups is 3. The lowest BCUT2D eigenvalue weighted by Crippen LogP contribution is -2.53.